The van der Waals surface area contributed by atoms with E-state index >= 15 is 0 Å². The molecule has 1 heterocycles. The Morgan fingerprint density at radius 3 is 2.03 bits per heavy atom. The number of carboxylic acid groups (broad SMARTS) is 2. The fraction of sp³-hybridized carbons (Fsp3) is 0.464. The number of hydrogen-bond acceptors (Lipinski definition) is 7. The van der Waals surface area contributed by atoms with Gasteiger partial charge in [-0.05, 0) is 76.1 Å². The van der Waals surface area contributed by atoms with Crippen LogP contribution in [0.4, 0.5) is 5.69 Å². The monoisotopic (exact) mass is 511 g/mol. The highest BCUT2D eigenvalue weighted by molar-refractivity contribution is 6.02. The van der Waals surface area contributed by atoms with Gasteiger partial charge in [0.2, 0.25) is 0 Å². The van der Waals surface area contributed by atoms with Gasteiger partial charge in [0.05, 0.1) is 28.9 Å². The van der Waals surface area contributed by atoms with Gasteiger partial charge in [0.1, 0.15) is 17.5 Å². The highest BCUT2D eigenvalue weighted by Gasteiger charge is 2.35. The van der Waals surface area contributed by atoms with Crippen LogP contribution in [-0.4, -0.2) is 65.1 Å². The Morgan fingerprint density at radius 2 is 1.46 bits per heavy atom. The quantitative estimate of drug-likeness (QED) is 0.488. The van der Waals surface area contributed by atoms with Crippen molar-refractivity contribution in [3.8, 4) is 5.75 Å². The molecule has 2 fully saturated rings. The topological polar surface area (TPSA) is 123 Å². The van der Waals surface area contributed by atoms with E-state index in [2.05, 4.69) is 4.90 Å². The molecule has 2 aliphatic rings. The average molecular weight is 512 g/mol. The lowest BCUT2D eigenvalue weighted by atomic mass is 9.91. The molecule has 2 N–H and O–H groups in total. The van der Waals surface area contributed by atoms with Crippen molar-refractivity contribution in [2.24, 2.45) is 0 Å². The lowest BCUT2D eigenvalue weighted by molar-refractivity contribution is -0.101. The molecule has 2 aromatic rings. The van der Waals surface area contributed by atoms with Gasteiger partial charge >= 0.3 is 17.9 Å². The van der Waals surface area contributed by atoms with Crippen molar-refractivity contribution in [2.75, 3.05) is 18.0 Å². The van der Waals surface area contributed by atoms with E-state index in [1.165, 1.54) is 18.2 Å². The molecule has 0 radical (unpaired) electrons. The Labute approximate surface area is 215 Å². The van der Waals surface area contributed by atoms with Crippen LogP contribution >= 0.6 is 0 Å². The number of carboxylic acids is 2. The summed E-state index contributed by atoms with van der Waals surface area (Å²) >= 11 is 0. The largest absolute Gasteiger partial charge is 0.490 e. The van der Waals surface area contributed by atoms with Crippen molar-refractivity contribution in [3.63, 3.8) is 0 Å². The zero-order chi connectivity index (χ0) is 26.7. The first-order valence-corrected chi connectivity index (χ1v) is 12.5. The van der Waals surface area contributed by atoms with Gasteiger partial charge in [0, 0.05) is 31.6 Å². The maximum atomic E-state index is 12.2. The zero-order valence-corrected chi connectivity index (χ0v) is 21.3. The summed E-state index contributed by atoms with van der Waals surface area (Å²) in [5.41, 5.74) is 0.526. The molecule has 1 saturated carbocycles. The van der Waals surface area contributed by atoms with E-state index in [1.54, 1.807) is 12.1 Å². The number of carbonyl (C=O) groups is 3. The summed E-state index contributed by atoms with van der Waals surface area (Å²) in [4.78, 5) is 37.1. The highest BCUT2D eigenvalue weighted by atomic mass is 16.6. The summed E-state index contributed by atoms with van der Waals surface area (Å²) in [5, 5.41) is 18.4. The summed E-state index contributed by atoms with van der Waals surface area (Å²) in [6.45, 7) is 7.26. The second kappa shape index (κ2) is 10.8. The number of esters is 1. The average Bonchev–Trinajstić information content (AvgIpc) is 2.82. The standard InChI is InChI=1S/C28H33NO8/c1-28(2,3)37-27(34)17-4-6-18(7-5-17)29-12-10-19(11-13-29)35-21-14-22(15-21)36-20-8-9-23(25(30)31)24(16-20)26(32)33/h4-9,16,19,21-22H,10-15H2,1-3H3,(H,30,31)(H,32,33). The predicted octanol–water partition coefficient (Wildman–Crippen LogP) is 4.63. The van der Waals surface area contributed by atoms with Gasteiger partial charge in [0.25, 0.3) is 0 Å². The van der Waals surface area contributed by atoms with Crippen LogP contribution in [0.1, 0.15) is 77.5 Å². The Bertz CT molecular complexity index is 1140. The number of carbonyl (C=O) groups excluding carboxylic acids is 1. The maximum Gasteiger partial charge on any atom is 0.338 e. The summed E-state index contributed by atoms with van der Waals surface area (Å²) in [6, 6.07) is 11.5. The van der Waals surface area contributed by atoms with Crippen molar-refractivity contribution in [2.45, 2.75) is 70.4 Å². The molecule has 1 saturated heterocycles. The van der Waals surface area contributed by atoms with E-state index in [-0.39, 0.29) is 35.4 Å². The molecule has 1 aliphatic heterocycles. The number of anilines is 1. The summed E-state index contributed by atoms with van der Waals surface area (Å²) in [5.74, 6) is -2.57. The molecule has 9 nitrogen and oxygen atoms in total. The first kappa shape index (κ1) is 26.5. The minimum absolute atomic E-state index is 0.0897. The third-order valence-corrected chi connectivity index (χ3v) is 6.50. The van der Waals surface area contributed by atoms with Crippen LogP contribution in [0.25, 0.3) is 0 Å². The number of benzene rings is 2. The summed E-state index contributed by atoms with van der Waals surface area (Å²) < 4.78 is 17.5. The molecule has 1 aliphatic carbocycles. The molecule has 2 aromatic carbocycles. The van der Waals surface area contributed by atoms with Crippen LogP contribution in [0.3, 0.4) is 0 Å². The highest BCUT2D eigenvalue weighted by Crippen LogP contribution is 2.32. The minimum atomic E-state index is -1.30. The number of aromatic carboxylic acids is 2. The third kappa shape index (κ3) is 6.80. The Balaban J connectivity index is 1.20. The van der Waals surface area contributed by atoms with E-state index < -0.39 is 17.5 Å². The molecule has 0 amide bonds. The smallest absolute Gasteiger partial charge is 0.338 e. The number of nitrogens with zero attached hydrogens (tertiary/aromatic N) is 1. The SMILES string of the molecule is CC(C)(C)OC(=O)c1ccc(N2CCC(OC3CC(Oc4ccc(C(=O)O)c(C(=O)O)c4)C3)CC2)cc1. The summed E-state index contributed by atoms with van der Waals surface area (Å²) in [6.07, 6.45) is 3.36. The van der Waals surface area contributed by atoms with Crippen molar-refractivity contribution in [3.05, 3.63) is 59.2 Å². The summed E-state index contributed by atoms with van der Waals surface area (Å²) in [7, 11) is 0. The molecular formula is C28H33NO8. The number of hydrogen-bond donors (Lipinski definition) is 2. The molecule has 198 valence electrons. The van der Waals surface area contributed by atoms with Crippen LogP contribution in [0, 0.1) is 0 Å². The van der Waals surface area contributed by atoms with Crippen LogP contribution in [0.2, 0.25) is 0 Å². The van der Waals surface area contributed by atoms with E-state index in [9.17, 15) is 19.5 Å². The number of rotatable bonds is 8. The molecule has 4 rings (SSSR count). The van der Waals surface area contributed by atoms with Crippen molar-refractivity contribution < 1.29 is 38.8 Å². The second-order valence-electron chi connectivity index (χ2n) is 10.5. The molecular weight excluding hydrogens is 478 g/mol. The van der Waals surface area contributed by atoms with E-state index in [0.29, 0.717) is 24.2 Å². The number of piperidine rings is 1. The second-order valence-corrected chi connectivity index (χ2v) is 10.5. The first-order valence-electron chi connectivity index (χ1n) is 12.5. The fourth-order valence-corrected chi connectivity index (χ4v) is 4.54. The fourth-order valence-electron chi connectivity index (χ4n) is 4.54. The van der Waals surface area contributed by atoms with Crippen molar-refractivity contribution in [1.29, 1.82) is 0 Å². The molecule has 0 aromatic heterocycles. The van der Waals surface area contributed by atoms with Crippen LogP contribution < -0.4 is 9.64 Å². The van der Waals surface area contributed by atoms with E-state index in [4.69, 9.17) is 19.3 Å². The molecule has 0 bridgehead atoms. The van der Waals surface area contributed by atoms with Gasteiger partial charge < -0.3 is 29.3 Å². The maximum absolute atomic E-state index is 12.2. The van der Waals surface area contributed by atoms with E-state index in [0.717, 1.165) is 31.6 Å². The Hall–Kier alpha value is -3.59. The molecule has 0 unspecified atom stereocenters. The van der Waals surface area contributed by atoms with Crippen LogP contribution in [0.15, 0.2) is 42.5 Å². The first-order chi connectivity index (χ1) is 17.5. The lowest BCUT2D eigenvalue weighted by Crippen LogP contribution is -2.44. The molecule has 37 heavy (non-hydrogen) atoms. The van der Waals surface area contributed by atoms with Crippen LogP contribution in [0.5, 0.6) is 5.75 Å². The van der Waals surface area contributed by atoms with Gasteiger partial charge in [-0.25, -0.2) is 14.4 Å². The van der Waals surface area contributed by atoms with Crippen molar-refractivity contribution >= 4 is 23.6 Å². The molecule has 0 spiro atoms. The molecule has 9 heteroatoms. The van der Waals surface area contributed by atoms with Gasteiger partial charge in [-0.2, -0.15) is 0 Å². The predicted molar refractivity (Wildman–Crippen MR) is 136 cm³/mol. The number of ether oxygens (including phenoxy) is 3. The van der Waals surface area contributed by atoms with Gasteiger partial charge in [-0.1, -0.05) is 0 Å². The normalized spacial score (nSPS) is 20.1. The zero-order valence-electron chi connectivity index (χ0n) is 21.3. The third-order valence-electron chi connectivity index (χ3n) is 6.50. The van der Waals surface area contributed by atoms with Gasteiger partial charge in [0.15, 0.2) is 0 Å². The van der Waals surface area contributed by atoms with Gasteiger partial charge in [-0.3, -0.25) is 0 Å². The van der Waals surface area contributed by atoms with Gasteiger partial charge in [-0.15, -0.1) is 0 Å². The molecule has 0 atom stereocenters. The Morgan fingerprint density at radius 1 is 0.838 bits per heavy atom. The van der Waals surface area contributed by atoms with E-state index in [1.807, 2.05) is 32.9 Å². The lowest BCUT2D eigenvalue weighted by Gasteiger charge is -2.40. The minimum Gasteiger partial charge on any atom is -0.490 e. The van der Waals surface area contributed by atoms with Crippen LogP contribution in [-0.2, 0) is 9.47 Å². The van der Waals surface area contributed by atoms with Crippen molar-refractivity contribution in [1.82, 2.24) is 0 Å². The Kier molecular flexibility index (Phi) is 7.73.